The Morgan fingerprint density at radius 1 is 1.64 bits per heavy atom. The Balaban J connectivity index is 2.49. The van der Waals surface area contributed by atoms with Crippen LogP contribution in [0.4, 0.5) is 0 Å². The first-order chi connectivity index (χ1) is 6.77. The van der Waals surface area contributed by atoms with Gasteiger partial charge in [0.2, 0.25) is 0 Å². The number of fused-ring (bicyclic) bond motifs is 1. The Kier molecular flexibility index (Phi) is 2.74. The molecule has 74 valence electrons. The van der Waals surface area contributed by atoms with E-state index >= 15 is 0 Å². The topological polar surface area (TPSA) is 64.7 Å². The number of benzene rings is 1. The minimum Gasteiger partial charge on any atom is -0.481 e. The summed E-state index contributed by atoms with van der Waals surface area (Å²) in [7, 11) is 1.22. The lowest BCUT2D eigenvalue weighted by Gasteiger charge is -2.08. The second-order valence-corrected chi connectivity index (χ2v) is 3.33. The summed E-state index contributed by atoms with van der Waals surface area (Å²) in [5.41, 5.74) is 7.10. The summed E-state index contributed by atoms with van der Waals surface area (Å²) in [5.74, 6) is 0.607. The van der Waals surface area contributed by atoms with Gasteiger partial charge < -0.3 is 19.9 Å². The van der Waals surface area contributed by atoms with E-state index in [1.807, 2.05) is 12.1 Å². The zero-order valence-electron chi connectivity index (χ0n) is 7.51. The fourth-order valence-electron chi connectivity index (χ4n) is 1.69. The van der Waals surface area contributed by atoms with E-state index < -0.39 is 7.12 Å². The van der Waals surface area contributed by atoms with E-state index in [-0.39, 0.29) is 6.10 Å². The SMILES string of the molecule is NCC1OB(O)c2c(OP)cccc21. The molecule has 2 atom stereocenters. The molecule has 14 heavy (non-hydrogen) atoms. The highest BCUT2D eigenvalue weighted by atomic mass is 31.0. The van der Waals surface area contributed by atoms with Gasteiger partial charge in [0.15, 0.2) is 0 Å². The predicted octanol–water partition coefficient (Wildman–Crippen LogP) is -0.427. The van der Waals surface area contributed by atoms with Crippen molar-refractivity contribution in [2.24, 2.45) is 5.73 Å². The molecule has 1 aliphatic heterocycles. The highest BCUT2D eigenvalue weighted by molar-refractivity contribution is 7.10. The van der Waals surface area contributed by atoms with Crippen LogP contribution in [0.2, 0.25) is 0 Å². The van der Waals surface area contributed by atoms with E-state index in [0.29, 0.717) is 17.8 Å². The van der Waals surface area contributed by atoms with Gasteiger partial charge in [-0.1, -0.05) is 12.1 Å². The molecule has 0 radical (unpaired) electrons. The van der Waals surface area contributed by atoms with Crippen molar-refractivity contribution >= 4 is 22.0 Å². The van der Waals surface area contributed by atoms with E-state index in [0.717, 1.165) is 5.56 Å². The van der Waals surface area contributed by atoms with Crippen molar-refractivity contribution in [2.45, 2.75) is 6.10 Å². The zero-order chi connectivity index (χ0) is 10.1. The van der Waals surface area contributed by atoms with Crippen LogP contribution in [-0.4, -0.2) is 18.7 Å². The summed E-state index contributed by atoms with van der Waals surface area (Å²) in [6.07, 6.45) is -0.236. The molecule has 1 aliphatic rings. The predicted molar refractivity (Wildman–Crippen MR) is 57.3 cm³/mol. The van der Waals surface area contributed by atoms with Crippen LogP contribution in [0.25, 0.3) is 0 Å². The van der Waals surface area contributed by atoms with Crippen LogP contribution in [0.1, 0.15) is 11.7 Å². The van der Waals surface area contributed by atoms with Crippen LogP contribution in [0.15, 0.2) is 18.2 Å². The van der Waals surface area contributed by atoms with Crippen LogP contribution in [0, 0.1) is 0 Å². The summed E-state index contributed by atoms with van der Waals surface area (Å²) in [4.78, 5) is 0. The van der Waals surface area contributed by atoms with E-state index in [1.54, 1.807) is 6.07 Å². The molecule has 1 aromatic rings. The Labute approximate surface area is 84.8 Å². The molecule has 0 saturated carbocycles. The van der Waals surface area contributed by atoms with Crippen molar-refractivity contribution in [3.8, 4) is 5.75 Å². The standard InChI is InChI=1S/C8H11BNO3P/c10-4-7-5-2-1-3-6(13-14)8(5)9(11)12-7/h1-3,7,11H,4,10,14H2. The van der Waals surface area contributed by atoms with Crippen LogP contribution >= 0.6 is 9.47 Å². The van der Waals surface area contributed by atoms with Gasteiger partial charge >= 0.3 is 7.12 Å². The number of rotatable bonds is 2. The maximum Gasteiger partial charge on any atom is 0.495 e. The Bertz CT molecular complexity index is 349. The van der Waals surface area contributed by atoms with Crippen LogP contribution in [0.3, 0.4) is 0 Å². The second kappa shape index (κ2) is 3.87. The first kappa shape index (κ1) is 9.93. The van der Waals surface area contributed by atoms with Crippen LogP contribution < -0.4 is 15.7 Å². The van der Waals surface area contributed by atoms with Crippen LogP contribution in [-0.2, 0) is 4.65 Å². The maximum absolute atomic E-state index is 9.63. The lowest BCUT2D eigenvalue weighted by molar-refractivity contribution is 0.198. The molecule has 0 saturated heterocycles. The highest BCUT2D eigenvalue weighted by Crippen LogP contribution is 2.27. The molecule has 0 bridgehead atoms. The van der Waals surface area contributed by atoms with Gasteiger partial charge in [0.05, 0.1) is 15.6 Å². The van der Waals surface area contributed by atoms with Crippen molar-refractivity contribution < 1.29 is 14.2 Å². The fraction of sp³-hybridized carbons (Fsp3) is 0.250. The number of hydrogen-bond donors (Lipinski definition) is 2. The van der Waals surface area contributed by atoms with Crippen molar-refractivity contribution in [3.05, 3.63) is 23.8 Å². The quantitative estimate of drug-likeness (QED) is 0.514. The minimum atomic E-state index is -0.935. The molecule has 2 rings (SSSR count). The molecule has 0 amide bonds. The van der Waals surface area contributed by atoms with E-state index in [1.165, 1.54) is 0 Å². The molecular formula is C8H11BNO3P. The molecule has 0 aliphatic carbocycles. The lowest BCUT2D eigenvalue weighted by Crippen LogP contribution is -2.29. The highest BCUT2D eigenvalue weighted by Gasteiger charge is 2.36. The Morgan fingerprint density at radius 2 is 2.43 bits per heavy atom. The van der Waals surface area contributed by atoms with E-state index in [4.69, 9.17) is 14.9 Å². The van der Waals surface area contributed by atoms with E-state index in [9.17, 15) is 5.02 Å². The first-order valence-corrected chi connectivity index (χ1v) is 4.78. The average Bonchev–Trinajstić information content (AvgIpc) is 2.55. The van der Waals surface area contributed by atoms with Crippen molar-refractivity contribution in [1.29, 1.82) is 0 Å². The third-order valence-corrected chi connectivity index (χ3v) is 2.58. The largest absolute Gasteiger partial charge is 0.495 e. The third-order valence-electron chi connectivity index (χ3n) is 2.33. The van der Waals surface area contributed by atoms with Crippen molar-refractivity contribution in [3.63, 3.8) is 0 Å². The summed E-state index contributed by atoms with van der Waals surface area (Å²) >= 11 is 0. The fourth-order valence-corrected chi connectivity index (χ4v) is 1.89. The van der Waals surface area contributed by atoms with E-state index in [2.05, 4.69) is 9.47 Å². The molecule has 2 unspecified atom stereocenters. The minimum absolute atomic E-state index is 0.236. The van der Waals surface area contributed by atoms with Crippen molar-refractivity contribution in [2.75, 3.05) is 6.54 Å². The number of hydrogen-bond acceptors (Lipinski definition) is 4. The molecule has 3 N–H and O–H groups in total. The monoisotopic (exact) mass is 211 g/mol. The third kappa shape index (κ3) is 1.42. The summed E-state index contributed by atoms with van der Waals surface area (Å²) in [5, 5.41) is 9.63. The van der Waals surface area contributed by atoms with Gasteiger partial charge in [-0.05, 0) is 11.6 Å². The smallest absolute Gasteiger partial charge is 0.481 e. The summed E-state index contributed by atoms with van der Waals surface area (Å²) in [6.45, 7) is 0.352. The summed E-state index contributed by atoms with van der Waals surface area (Å²) in [6, 6.07) is 5.51. The van der Waals surface area contributed by atoms with Gasteiger partial charge in [0.25, 0.3) is 0 Å². The van der Waals surface area contributed by atoms with Gasteiger partial charge in [-0.3, -0.25) is 0 Å². The molecule has 4 nitrogen and oxygen atoms in total. The molecule has 0 aromatic heterocycles. The van der Waals surface area contributed by atoms with Gasteiger partial charge in [-0.2, -0.15) is 0 Å². The van der Waals surface area contributed by atoms with Gasteiger partial charge in [-0.25, -0.2) is 0 Å². The zero-order valence-corrected chi connectivity index (χ0v) is 8.67. The number of nitrogens with two attached hydrogens (primary N) is 1. The Hall–Kier alpha value is -0.605. The Morgan fingerprint density at radius 3 is 3.07 bits per heavy atom. The normalized spacial score (nSPS) is 19.6. The molecule has 0 fully saturated rings. The molecule has 1 heterocycles. The molecule has 1 aromatic carbocycles. The molecule has 6 heteroatoms. The first-order valence-electron chi connectivity index (χ1n) is 4.31. The maximum atomic E-state index is 9.63. The van der Waals surface area contributed by atoms with Crippen LogP contribution in [0.5, 0.6) is 5.75 Å². The summed E-state index contributed by atoms with van der Waals surface area (Å²) < 4.78 is 10.3. The average molecular weight is 211 g/mol. The van der Waals surface area contributed by atoms with Gasteiger partial charge in [0, 0.05) is 12.0 Å². The molecule has 0 spiro atoms. The molecular weight excluding hydrogens is 200 g/mol. The second-order valence-electron chi connectivity index (χ2n) is 3.09. The van der Waals surface area contributed by atoms with Gasteiger partial charge in [0.1, 0.15) is 5.75 Å². The lowest BCUT2D eigenvalue weighted by atomic mass is 9.78. The van der Waals surface area contributed by atoms with Gasteiger partial charge in [-0.15, -0.1) is 0 Å². The van der Waals surface area contributed by atoms with Crippen molar-refractivity contribution in [1.82, 2.24) is 0 Å².